The minimum absolute atomic E-state index is 0.223. The van der Waals surface area contributed by atoms with Crippen LogP contribution in [-0.4, -0.2) is 27.3 Å². The monoisotopic (exact) mass is 382 g/mol. The van der Waals surface area contributed by atoms with Crippen molar-refractivity contribution in [2.45, 2.75) is 13.8 Å². The lowest BCUT2D eigenvalue weighted by Gasteiger charge is -2.15. The van der Waals surface area contributed by atoms with Gasteiger partial charge in [0.05, 0.1) is 23.1 Å². The summed E-state index contributed by atoms with van der Waals surface area (Å²) < 4.78 is 6.24. The first kappa shape index (κ1) is 18.5. The van der Waals surface area contributed by atoms with E-state index in [0.717, 1.165) is 0 Å². The predicted octanol–water partition coefficient (Wildman–Crippen LogP) is 2.82. The molecule has 3 aromatic rings. The van der Waals surface area contributed by atoms with Gasteiger partial charge in [-0.15, -0.1) is 0 Å². The van der Waals surface area contributed by atoms with Gasteiger partial charge in [0.2, 0.25) is 0 Å². The number of hydrogen-bond donors (Lipinski definition) is 2. The van der Waals surface area contributed by atoms with Crippen LogP contribution in [0.5, 0.6) is 0 Å². The van der Waals surface area contributed by atoms with Crippen LogP contribution < -0.4 is 16.3 Å². The molecule has 3 rings (SSSR count). The third-order valence-electron chi connectivity index (χ3n) is 3.81. The first-order valence-electron chi connectivity index (χ1n) is 8.33. The van der Waals surface area contributed by atoms with Crippen LogP contribution in [0.2, 0.25) is 0 Å². The van der Waals surface area contributed by atoms with Crippen molar-refractivity contribution in [3.8, 4) is 0 Å². The molecule has 2 aromatic carbocycles. The van der Waals surface area contributed by atoms with E-state index >= 15 is 0 Å². The van der Waals surface area contributed by atoms with Gasteiger partial charge in [-0.3, -0.25) is 10.2 Å². The van der Waals surface area contributed by atoms with E-state index in [-0.39, 0.29) is 16.6 Å². The summed E-state index contributed by atoms with van der Waals surface area (Å²) in [6.45, 7) is 3.79. The van der Waals surface area contributed by atoms with Crippen LogP contribution in [0.15, 0.2) is 53.3 Å². The third kappa shape index (κ3) is 4.12. The average molecular weight is 382 g/mol. The van der Waals surface area contributed by atoms with E-state index in [1.54, 1.807) is 56.3 Å². The van der Waals surface area contributed by atoms with Crippen molar-refractivity contribution in [2.75, 3.05) is 17.3 Å². The molecular weight excluding hydrogens is 364 g/mol. The highest BCUT2D eigenvalue weighted by atomic mass is 32.1. The van der Waals surface area contributed by atoms with E-state index in [1.807, 2.05) is 6.07 Å². The van der Waals surface area contributed by atoms with Gasteiger partial charge in [0.1, 0.15) is 5.82 Å². The summed E-state index contributed by atoms with van der Waals surface area (Å²) in [7, 11) is 0. The Morgan fingerprint density at radius 3 is 2.59 bits per heavy atom. The zero-order valence-corrected chi connectivity index (χ0v) is 15.7. The number of para-hydroxylation sites is 1. The van der Waals surface area contributed by atoms with Crippen LogP contribution in [0.1, 0.15) is 23.1 Å². The summed E-state index contributed by atoms with van der Waals surface area (Å²) >= 11 is 5.28. The minimum atomic E-state index is -0.380. The van der Waals surface area contributed by atoms with E-state index in [9.17, 15) is 9.59 Å². The summed E-state index contributed by atoms with van der Waals surface area (Å²) in [5, 5.41) is 3.69. The standard InChI is InChI=1S/C19H18N4O3S/c1-3-26-18(25)13-8-10-14(11-9-13)21-19(27)22-23-12(2)20-16-7-5-4-6-15(16)17(23)24/h4-11H,3H2,1-2H3,(H2,21,22,27). The molecule has 0 amide bonds. The predicted molar refractivity (Wildman–Crippen MR) is 109 cm³/mol. The fourth-order valence-electron chi connectivity index (χ4n) is 2.54. The minimum Gasteiger partial charge on any atom is -0.462 e. The molecule has 27 heavy (non-hydrogen) atoms. The zero-order chi connectivity index (χ0) is 19.4. The molecule has 0 radical (unpaired) electrons. The zero-order valence-electron chi connectivity index (χ0n) is 14.9. The fourth-order valence-corrected chi connectivity index (χ4v) is 2.75. The number of hydrogen-bond acceptors (Lipinski definition) is 5. The van der Waals surface area contributed by atoms with E-state index in [4.69, 9.17) is 17.0 Å². The summed E-state index contributed by atoms with van der Waals surface area (Å²) in [5.41, 5.74) is 4.36. The summed E-state index contributed by atoms with van der Waals surface area (Å²) in [4.78, 5) is 28.7. The Bertz CT molecular complexity index is 1060. The van der Waals surface area contributed by atoms with E-state index < -0.39 is 0 Å². The Kier molecular flexibility index (Phi) is 5.46. The molecule has 0 aliphatic carbocycles. The molecule has 138 valence electrons. The molecule has 0 saturated heterocycles. The number of aryl methyl sites for hydroxylation is 1. The summed E-state index contributed by atoms with van der Waals surface area (Å²) in [5.74, 6) is 0.106. The first-order valence-corrected chi connectivity index (χ1v) is 8.74. The molecule has 0 aliphatic rings. The molecule has 0 fully saturated rings. The number of benzene rings is 2. The van der Waals surface area contributed by atoms with Gasteiger partial charge in [0.15, 0.2) is 5.11 Å². The fraction of sp³-hybridized carbons (Fsp3) is 0.158. The van der Waals surface area contributed by atoms with E-state index in [1.165, 1.54) is 4.68 Å². The van der Waals surface area contributed by atoms with Gasteiger partial charge in [-0.1, -0.05) is 12.1 Å². The molecule has 8 heteroatoms. The quantitative estimate of drug-likeness (QED) is 0.530. The molecule has 0 atom stereocenters. The lowest BCUT2D eigenvalue weighted by molar-refractivity contribution is 0.0526. The van der Waals surface area contributed by atoms with Gasteiger partial charge < -0.3 is 10.1 Å². The van der Waals surface area contributed by atoms with Crippen LogP contribution in [0, 0.1) is 6.92 Å². The number of fused-ring (bicyclic) bond motifs is 1. The van der Waals surface area contributed by atoms with E-state index in [0.29, 0.717) is 34.6 Å². The molecule has 7 nitrogen and oxygen atoms in total. The maximum absolute atomic E-state index is 12.6. The van der Waals surface area contributed by atoms with Crippen LogP contribution >= 0.6 is 12.2 Å². The second-order valence-corrected chi connectivity index (χ2v) is 6.09. The highest BCUT2D eigenvalue weighted by Gasteiger charge is 2.10. The average Bonchev–Trinajstić information content (AvgIpc) is 2.66. The lowest BCUT2D eigenvalue weighted by Crippen LogP contribution is -2.37. The smallest absolute Gasteiger partial charge is 0.338 e. The SMILES string of the molecule is CCOC(=O)c1ccc(NC(=S)Nn2c(C)nc3ccccc3c2=O)cc1. The van der Waals surface area contributed by atoms with Gasteiger partial charge >= 0.3 is 5.97 Å². The molecule has 1 aromatic heterocycles. The Labute approximate surface area is 161 Å². The number of thiocarbonyl (C=S) groups is 1. The van der Waals surface area contributed by atoms with Gasteiger partial charge in [-0.2, -0.15) is 0 Å². The second kappa shape index (κ2) is 7.96. The lowest BCUT2D eigenvalue weighted by atomic mass is 10.2. The van der Waals surface area contributed by atoms with Crippen LogP contribution in [0.25, 0.3) is 10.9 Å². The number of ether oxygens (including phenoxy) is 1. The van der Waals surface area contributed by atoms with Gasteiger partial charge in [0.25, 0.3) is 5.56 Å². The maximum atomic E-state index is 12.6. The molecular formula is C19H18N4O3S. The van der Waals surface area contributed by atoms with Crippen molar-refractivity contribution in [3.63, 3.8) is 0 Å². The van der Waals surface area contributed by atoms with Crippen LogP contribution in [-0.2, 0) is 4.74 Å². The molecule has 0 saturated carbocycles. The number of aromatic nitrogens is 2. The van der Waals surface area contributed by atoms with Gasteiger partial charge in [-0.25, -0.2) is 14.5 Å². The van der Waals surface area contributed by atoms with Crippen molar-refractivity contribution in [1.29, 1.82) is 0 Å². The molecule has 0 spiro atoms. The Hall–Kier alpha value is -3.26. The normalized spacial score (nSPS) is 10.4. The highest BCUT2D eigenvalue weighted by Crippen LogP contribution is 2.11. The van der Waals surface area contributed by atoms with Crippen molar-refractivity contribution in [1.82, 2.24) is 9.66 Å². The van der Waals surface area contributed by atoms with Gasteiger partial charge in [-0.05, 0) is 62.5 Å². The number of carbonyl (C=O) groups is 1. The number of carbonyl (C=O) groups excluding carboxylic acids is 1. The molecule has 1 heterocycles. The Balaban J connectivity index is 1.76. The van der Waals surface area contributed by atoms with Gasteiger partial charge in [0, 0.05) is 5.69 Å². The topological polar surface area (TPSA) is 85.2 Å². The largest absolute Gasteiger partial charge is 0.462 e. The van der Waals surface area contributed by atoms with Crippen LogP contribution in [0.4, 0.5) is 5.69 Å². The second-order valence-electron chi connectivity index (χ2n) is 5.68. The number of anilines is 1. The summed E-state index contributed by atoms with van der Waals surface area (Å²) in [6, 6.07) is 13.8. The molecule has 0 aliphatic heterocycles. The number of nitrogens with one attached hydrogen (secondary N) is 2. The highest BCUT2D eigenvalue weighted by molar-refractivity contribution is 7.80. The third-order valence-corrected chi connectivity index (χ3v) is 4.00. The Morgan fingerprint density at radius 2 is 1.89 bits per heavy atom. The number of esters is 1. The molecule has 0 bridgehead atoms. The number of rotatable bonds is 4. The van der Waals surface area contributed by atoms with Crippen molar-refractivity contribution >= 4 is 39.9 Å². The first-order chi connectivity index (χ1) is 13.0. The van der Waals surface area contributed by atoms with Crippen molar-refractivity contribution in [3.05, 3.63) is 70.3 Å². The summed E-state index contributed by atoms with van der Waals surface area (Å²) in [6.07, 6.45) is 0. The Morgan fingerprint density at radius 1 is 1.19 bits per heavy atom. The molecule has 0 unspecified atom stereocenters. The molecule has 2 N–H and O–H groups in total. The van der Waals surface area contributed by atoms with Crippen molar-refractivity contribution < 1.29 is 9.53 Å². The maximum Gasteiger partial charge on any atom is 0.338 e. The van der Waals surface area contributed by atoms with Crippen LogP contribution in [0.3, 0.4) is 0 Å². The van der Waals surface area contributed by atoms with Crippen molar-refractivity contribution in [2.24, 2.45) is 0 Å². The van der Waals surface area contributed by atoms with E-state index in [2.05, 4.69) is 15.7 Å². The number of nitrogens with zero attached hydrogens (tertiary/aromatic N) is 2.